The number of aromatic nitrogens is 1. The average Bonchev–Trinajstić information content (AvgIpc) is 2.63. The van der Waals surface area contributed by atoms with Crippen LogP contribution in [0, 0.1) is 16.0 Å². The second-order valence-electron chi connectivity index (χ2n) is 6.28. The number of non-ortho nitro benzene ring substituents is 1. The zero-order valence-corrected chi connectivity index (χ0v) is 14.0. The summed E-state index contributed by atoms with van der Waals surface area (Å²) in [5.41, 5.74) is -0.343. The molecule has 0 bridgehead atoms. The number of aromatic carboxylic acids is 1. The second-order valence-corrected chi connectivity index (χ2v) is 6.28. The average molecular weight is 358 g/mol. The molecule has 8 nitrogen and oxygen atoms in total. The summed E-state index contributed by atoms with van der Waals surface area (Å²) in [6.45, 7) is 1.93. The van der Waals surface area contributed by atoms with Gasteiger partial charge in [0, 0.05) is 49.8 Å². The molecular weight excluding hydrogens is 340 g/mol. The lowest BCUT2D eigenvalue weighted by Gasteiger charge is -2.23. The van der Waals surface area contributed by atoms with E-state index >= 15 is 0 Å². The maximum Gasteiger partial charge on any atom is 0.341 e. The highest BCUT2D eigenvalue weighted by Crippen LogP contribution is 2.22. The van der Waals surface area contributed by atoms with Crippen LogP contribution in [-0.2, 0) is 11.3 Å². The van der Waals surface area contributed by atoms with E-state index in [9.17, 15) is 24.8 Å². The minimum Gasteiger partial charge on any atom is -0.477 e. The van der Waals surface area contributed by atoms with Gasteiger partial charge in [0.1, 0.15) is 5.56 Å². The number of carboxylic acid groups (broad SMARTS) is 1. The fraction of sp³-hybridized carbons (Fsp3) is 0.333. The lowest BCUT2D eigenvalue weighted by atomic mass is 9.99. The van der Waals surface area contributed by atoms with Gasteiger partial charge in [-0.3, -0.25) is 14.9 Å². The van der Waals surface area contributed by atoms with Crippen LogP contribution in [0.1, 0.15) is 23.2 Å². The van der Waals surface area contributed by atoms with Crippen LogP contribution in [0.3, 0.4) is 0 Å². The molecule has 1 aromatic carbocycles. The number of rotatable bonds is 5. The standard InChI is InChI=1S/C18H18N2O6/c21-17-15(13-1-3-14(4-2-13)20(24)25)10-19(11-16(17)18(22)23)9-12-5-7-26-8-6-12/h1-4,10-12H,5-9H2,(H,22,23). The number of benzene rings is 1. The number of nitro benzene ring substituents is 1. The van der Waals surface area contributed by atoms with Crippen LogP contribution in [0.15, 0.2) is 41.5 Å². The van der Waals surface area contributed by atoms with Crippen molar-refractivity contribution in [1.82, 2.24) is 4.57 Å². The van der Waals surface area contributed by atoms with Gasteiger partial charge in [-0.1, -0.05) is 0 Å². The van der Waals surface area contributed by atoms with Crippen molar-refractivity contribution in [3.63, 3.8) is 0 Å². The molecule has 0 unspecified atom stereocenters. The van der Waals surface area contributed by atoms with Gasteiger partial charge < -0.3 is 14.4 Å². The molecule has 0 amide bonds. The Labute approximate surface area is 148 Å². The van der Waals surface area contributed by atoms with E-state index in [1.807, 2.05) is 0 Å². The van der Waals surface area contributed by atoms with E-state index < -0.39 is 16.3 Å². The molecule has 1 aliphatic rings. The van der Waals surface area contributed by atoms with Crippen LogP contribution in [-0.4, -0.2) is 33.8 Å². The molecule has 26 heavy (non-hydrogen) atoms. The summed E-state index contributed by atoms with van der Waals surface area (Å²) >= 11 is 0. The van der Waals surface area contributed by atoms with Crippen molar-refractivity contribution in [1.29, 1.82) is 0 Å². The van der Waals surface area contributed by atoms with E-state index in [0.717, 1.165) is 12.8 Å². The Hall–Kier alpha value is -3.00. The maximum absolute atomic E-state index is 12.5. The van der Waals surface area contributed by atoms with E-state index in [1.54, 1.807) is 10.8 Å². The molecule has 136 valence electrons. The molecule has 0 atom stereocenters. The molecule has 0 aliphatic carbocycles. The molecule has 0 spiro atoms. The van der Waals surface area contributed by atoms with Crippen LogP contribution in [0.2, 0.25) is 0 Å². The largest absolute Gasteiger partial charge is 0.477 e. The highest BCUT2D eigenvalue weighted by Gasteiger charge is 2.19. The van der Waals surface area contributed by atoms with Crippen molar-refractivity contribution in [3.8, 4) is 11.1 Å². The zero-order valence-electron chi connectivity index (χ0n) is 14.0. The van der Waals surface area contributed by atoms with Gasteiger partial charge in [-0.05, 0) is 36.5 Å². The van der Waals surface area contributed by atoms with Crippen molar-refractivity contribution >= 4 is 11.7 Å². The Morgan fingerprint density at radius 1 is 1.23 bits per heavy atom. The summed E-state index contributed by atoms with van der Waals surface area (Å²) in [4.78, 5) is 34.3. The number of carbonyl (C=O) groups is 1. The van der Waals surface area contributed by atoms with E-state index in [0.29, 0.717) is 31.2 Å². The Kier molecular flexibility index (Phi) is 5.13. The van der Waals surface area contributed by atoms with Gasteiger partial charge in [0.25, 0.3) is 5.69 Å². The highest BCUT2D eigenvalue weighted by molar-refractivity contribution is 5.88. The lowest BCUT2D eigenvalue weighted by Crippen LogP contribution is -2.24. The molecule has 2 heterocycles. The molecule has 1 fully saturated rings. The Morgan fingerprint density at radius 2 is 1.88 bits per heavy atom. The molecule has 2 aromatic rings. The van der Waals surface area contributed by atoms with Crippen LogP contribution >= 0.6 is 0 Å². The third kappa shape index (κ3) is 3.80. The quantitative estimate of drug-likeness (QED) is 0.649. The van der Waals surface area contributed by atoms with Crippen molar-refractivity contribution in [3.05, 3.63) is 62.6 Å². The van der Waals surface area contributed by atoms with Crippen LogP contribution in [0.25, 0.3) is 11.1 Å². The minimum absolute atomic E-state index is 0.0920. The molecule has 1 aliphatic heterocycles. The molecular formula is C18H18N2O6. The highest BCUT2D eigenvalue weighted by atomic mass is 16.6. The summed E-state index contributed by atoms with van der Waals surface area (Å²) in [5.74, 6) is -0.947. The number of pyridine rings is 1. The van der Waals surface area contributed by atoms with Gasteiger partial charge in [0.05, 0.1) is 4.92 Å². The smallest absolute Gasteiger partial charge is 0.341 e. The van der Waals surface area contributed by atoms with Crippen LogP contribution in [0.5, 0.6) is 0 Å². The van der Waals surface area contributed by atoms with Gasteiger partial charge in [-0.25, -0.2) is 4.79 Å². The van der Waals surface area contributed by atoms with Crippen molar-refractivity contribution in [2.45, 2.75) is 19.4 Å². The Bertz CT molecular complexity index is 882. The maximum atomic E-state index is 12.5. The summed E-state index contributed by atoms with van der Waals surface area (Å²) in [6.07, 6.45) is 4.73. The number of nitrogens with zero attached hydrogens (tertiary/aromatic N) is 2. The summed E-state index contributed by atoms with van der Waals surface area (Å²) < 4.78 is 7.05. The first kappa shape index (κ1) is 17.8. The summed E-state index contributed by atoms with van der Waals surface area (Å²) in [6, 6.07) is 5.51. The first-order valence-corrected chi connectivity index (χ1v) is 8.25. The molecule has 1 aromatic heterocycles. The van der Waals surface area contributed by atoms with E-state index in [2.05, 4.69) is 0 Å². The van der Waals surface area contributed by atoms with Crippen molar-refractivity contribution in [2.24, 2.45) is 5.92 Å². The predicted octanol–water partition coefficient (Wildman–Crippen LogP) is 2.55. The molecule has 8 heteroatoms. The fourth-order valence-corrected chi connectivity index (χ4v) is 3.08. The molecule has 0 radical (unpaired) electrons. The minimum atomic E-state index is -1.29. The summed E-state index contributed by atoms with van der Waals surface area (Å²) in [5, 5.41) is 20.1. The zero-order chi connectivity index (χ0) is 18.7. The van der Waals surface area contributed by atoms with Crippen LogP contribution < -0.4 is 5.43 Å². The normalized spacial score (nSPS) is 14.9. The Morgan fingerprint density at radius 3 is 2.46 bits per heavy atom. The molecule has 1 saturated heterocycles. The van der Waals surface area contributed by atoms with Gasteiger partial charge in [0.15, 0.2) is 0 Å². The number of nitro groups is 1. The van der Waals surface area contributed by atoms with Gasteiger partial charge in [-0.2, -0.15) is 0 Å². The predicted molar refractivity (Wildman–Crippen MR) is 93.3 cm³/mol. The fourth-order valence-electron chi connectivity index (χ4n) is 3.08. The first-order valence-electron chi connectivity index (χ1n) is 8.25. The lowest BCUT2D eigenvalue weighted by molar-refractivity contribution is -0.384. The first-order chi connectivity index (χ1) is 12.5. The van der Waals surface area contributed by atoms with E-state index in [1.165, 1.54) is 30.5 Å². The number of hydrogen-bond donors (Lipinski definition) is 1. The number of carboxylic acids is 1. The topological polar surface area (TPSA) is 112 Å². The SMILES string of the molecule is O=C(O)c1cn(CC2CCOCC2)cc(-c2ccc([N+](=O)[O-])cc2)c1=O. The van der Waals surface area contributed by atoms with Gasteiger partial charge in [0.2, 0.25) is 5.43 Å². The number of ether oxygens (including phenoxy) is 1. The van der Waals surface area contributed by atoms with E-state index in [-0.39, 0.29) is 16.8 Å². The second kappa shape index (κ2) is 7.49. The summed E-state index contributed by atoms with van der Waals surface area (Å²) in [7, 11) is 0. The van der Waals surface area contributed by atoms with Crippen LogP contribution in [0.4, 0.5) is 5.69 Å². The Balaban J connectivity index is 2.01. The third-order valence-corrected chi connectivity index (χ3v) is 4.51. The van der Waals surface area contributed by atoms with Crippen molar-refractivity contribution < 1.29 is 19.6 Å². The van der Waals surface area contributed by atoms with E-state index in [4.69, 9.17) is 4.74 Å². The third-order valence-electron chi connectivity index (χ3n) is 4.51. The molecule has 0 saturated carbocycles. The van der Waals surface area contributed by atoms with Gasteiger partial charge in [-0.15, -0.1) is 0 Å². The number of hydrogen-bond acceptors (Lipinski definition) is 5. The monoisotopic (exact) mass is 358 g/mol. The van der Waals surface area contributed by atoms with Gasteiger partial charge >= 0.3 is 5.97 Å². The molecule has 1 N–H and O–H groups in total. The molecule has 3 rings (SSSR count). The van der Waals surface area contributed by atoms with Crippen molar-refractivity contribution in [2.75, 3.05) is 13.2 Å².